The van der Waals surface area contributed by atoms with Crippen LogP contribution in [0.5, 0.6) is 0 Å². The van der Waals surface area contributed by atoms with Gasteiger partial charge in [0, 0.05) is 11.6 Å². The zero-order chi connectivity index (χ0) is 12.8. The lowest BCUT2D eigenvalue weighted by Crippen LogP contribution is -2.29. The van der Waals surface area contributed by atoms with Crippen molar-refractivity contribution in [2.45, 2.75) is 44.8 Å². The maximum atomic E-state index is 11.7. The van der Waals surface area contributed by atoms with Gasteiger partial charge in [-0.1, -0.05) is 6.08 Å². The number of nitrogens with one attached hydrogen (secondary N) is 1. The molecule has 1 aliphatic carbocycles. The maximum Gasteiger partial charge on any atom is 0.333 e. The quantitative estimate of drug-likeness (QED) is 0.685. The van der Waals surface area contributed by atoms with Crippen LogP contribution in [0.15, 0.2) is 11.6 Å². The summed E-state index contributed by atoms with van der Waals surface area (Å²) in [6.45, 7) is 1.67. The Kier molecular flexibility index (Phi) is 5.15. The van der Waals surface area contributed by atoms with Crippen molar-refractivity contribution < 1.29 is 14.3 Å². The largest absolute Gasteiger partial charge is 0.459 e. The first-order valence-corrected chi connectivity index (χ1v) is 5.88. The van der Waals surface area contributed by atoms with Crippen LogP contribution < -0.4 is 11.1 Å². The summed E-state index contributed by atoms with van der Waals surface area (Å²) in [5, 5.41) is 3.17. The fourth-order valence-corrected chi connectivity index (χ4v) is 1.87. The Morgan fingerprint density at radius 3 is 2.82 bits per heavy atom. The van der Waals surface area contributed by atoms with Gasteiger partial charge in [-0.15, -0.1) is 0 Å². The van der Waals surface area contributed by atoms with E-state index in [4.69, 9.17) is 10.5 Å². The number of esters is 1. The van der Waals surface area contributed by atoms with Gasteiger partial charge in [0.25, 0.3) is 0 Å². The predicted octanol–water partition coefficient (Wildman–Crippen LogP) is 0.492. The van der Waals surface area contributed by atoms with Gasteiger partial charge in [0.2, 0.25) is 5.91 Å². The van der Waals surface area contributed by atoms with E-state index < -0.39 is 12.0 Å². The average Bonchev–Trinajstić information content (AvgIpc) is 2.28. The number of carbonyl (C=O) groups is 2. The van der Waals surface area contributed by atoms with Crippen molar-refractivity contribution in [2.75, 3.05) is 7.05 Å². The van der Waals surface area contributed by atoms with Crippen LogP contribution >= 0.6 is 0 Å². The Morgan fingerprint density at radius 2 is 2.35 bits per heavy atom. The van der Waals surface area contributed by atoms with Crippen LogP contribution in [0, 0.1) is 0 Å². The van der Waals surface area contributed by atoms with Crippen LogP contribution in [0.1, 0.15) is 32.6 Å². The summed E-state index contributed by atoms with van der Waals surface area (Å²) in [5.41, 5.74) is 5.73. The van der Waals surface area contributed by atoms with E-state index in [1.54, 1.807) is 6.92 Å². The molecule has 1 aliphatic rings. The molecule has 17 heavy (non-hydrogen) atoms. The second-order valence-electron chi connectivity index (χ2n) is 4.38. The zero-order valence-electron chi connectivity index (χ0n) is 10.4. The Bertz CT molecular complexity index is 326. The van der Waals surface area contributed by atoms with Gasteiger partial charge in [-0.2, -0.15) is 0 Å². The van der Waals surface area contributed by atoms with E-state index in [9.17, 15) is 9.59 Å². The summed E-state index contributed by atoms with van der Waals surface area (Å²) < 4.78 is 5.14. The first-order valence-electron chi connectivity index (χ1n) is 5.88. The molecule has 0 aromatic heterocycles. The molecule has 5 nitrogen and oxygen atoms in total. The molecule has 0 heterocycles. The van der Waals surface area contributed by atoms with Gasteiger partial charge in [0.15, 0.2) is 0 Å². The van der Waals surface area contributed by atoms with Crippen LogP contribution in [-0.2, 0) is 14.3 Å². The van der Waals surface area contributed by atoms with Gasteiger partial charge in [-0.05, 0) is 33.2 Å². The zero-order valence-corrected chi connectivity index (χ0v) is 10.4. The number of amides is 1. The van der Waals surface area contributed by atoms with E-state index in [1.807, 2.05) is 13.1 Å². The molecule has 0 saturated heterocycles. The minimum Gasteiger partial charge on any atom is -0.459 e. The molecule has 5 heteroatoms. The van der Waals surface area contributed by atoms with Gasteiger partial charge in [0.1, 0.15) is 6.10 Å². The van der Waals surface area contributed by atoms with Crippen molar-refractivity contribution in [3.8, 4) is 0 Å². The molecule has 0 bridgehead atoms. The van der Waals surface area contributed by atoms with Gasteiger partial charge in [0.05, 0.1) is 6.42 Å². The van der Waals surface area contributed by atoms with Crippen molar-refractivity contribution >= 4 is 11.9 Å². The van der Waals surface area contributed by atoms with Crippen LogP contribution in [-0.4, -0.2) is 31.1 Å². The number of primary amides is 1. The number of ether oxygens (including phenoxy) is 1. The molecule has 0 fully saturated rings. The molecule has 1 rings (SSSR count). The Morgan fingerprint density at radius 1 is 1.65 bits per heavy atom. The van der Waals surface area contributed by atoms with Crippen LogP contribution in [0.4, 0.5) is 0 Å². The minimum atomic E-state index is -0.460. The average molecular weight is 240 g/mol. The summed E-state index contributed by atoms with van der Waals surface area (Å²) in [7, 11) is 1.91. The number of hydrogen-bond acceptors (Lipinski definition) is 4. The molecule has 0 radical (unpaired) electrons. The summed E-state index contributed by atoms with van der Waals surface area (Å²) in [4.78, 5) is 22.4. The summed E-state index contributed by atoms with van der Waals surface area (Å²) in [6.07, 6.45) is 4.01. The molecule has 2 atom stereocenters. The third-order valence-corrected chi connectivity index (χ3v) is 2.88. The standard InChI is InChI=1S/C12H20N2O3/c1-8(7-11(13)15)17-12(16)9-3-5-10(14-2)6-4-9/h3,8,10,14H,4-7H2,1-2H3,(H2,13,15). The Labute approximate surface area is 101 Å². The number of carbonyl (C=O) groups excluding carboxylic acids is 2. The molecule has 0 aromatic rings. The third kappa shape index (κ3) is 4.56. The van der Waals surface area contributed by atoms with Crippen molar-refractivity contribution in [3.63, 3.8) is 0 Å². The Balaban J connectivity index is 2.43. The highest BCUT2D eigenvalue weighted by Crippen LogP contribution is 2.19. The molecule has 0 aromatic carbocycles. The smallest absolute Gasteiger partial charge is 0.333 e. The van der Waals surface area contributed by atoms with Crippen LogP contribution in [0.3, 0.4) is 0 Å². The monoisotopic (exact) mass is 240 g/mol. The van der Waals surface area contributed by atoms with E-state index in [0.29, 0.717) is 18.0 Å². The SMILES string of the molecule is CNC1CC=C(C(=O)OC(C)CC(N)=O)CC1. The van der Waals surface area contributed by atoms with Crippen molar-refractivity contribution in [1.29, 1.82) is 0 Å². The lowest BCUT2D eigenvalue weighted by atomic mass is 9.95. The van der Waals surface area contributed by atoms with E-state index in [2.05, 4.69) is 5.32 Å². The molecule has 3 N–H and O–H groups in total. The lowest BCUT2D eigenvalue weighted by molar-refractivity contribution is -0.144. The fourth-order valence-electron chi connectivity index (χ4n) is 1.87. The number of hydrogen-bond donors (Lipinski definition) is 2. The first-order chi connectivity index (χ1) is 8.02. The molecule has 1 amide bonds. The topological polar surface area (TPSA) is 81.4 Å². The second kappa shape index (κ2) is 6.39. The highest BCUT2D eigenvalue weighted by Gasteiger charge is 2.20. The highest BCUT2D eigenvalue weighted by atomic mass is 16.5. The predicted molar refractivity (Wildman–Crippen MR) is 64.1 cm³/mol. The highest BCUT2D eigenvalue weighted by molar-refractivity contribution is 5.89. The Hall–Kier alpha value is -1.36. The summed E-state index contributed by atoms with van der Waals surface area (Å²) >= 11 is 0. The molecule has 0 saturated carbocycles. The van der Waals surface area contributed by atoms with E-state index in [1.165, 1.54) is 0 Å². The van der Waals surface area contributed by atoms with Gasteiger partial charge >= 0.3 is 5.97 Å². The third-order valence-electron chi connectivity index (χ3n) is 2.88. The molecule has 96 valence electrons. The minimum absolute atomic E-state index is 0.0676. The van der Waals surface area contributed by atoms with Crippen LogP contribution in [0.25, 0.3) is 0 Å². The van der Waals surface area contributed by atoms with E-state index in [0.717, 1.165) is 12.8 Å². The number of nitrogens with two attached hydrogens (primary N) is 1. The van der Waals surface area contributed by atoms with Gasteiger partial charge in [-0.25, -0.2) is 4.79 Å². The molecular formula is C12H20N2O3. The summed E-state index contributed by atoms with van der Waals surface area (Å²) in [5.74, 6) is -0.786. The fraction of sp³-hybridized carbons (Fsp3) is 0.667. The van der Waals surface area contributed by atoms with Crippen molar-refractivity contribution in [2.24, 2.45) is 5.73 Å². The lowest BCUT2D eigenvalue weighted by Gasteiger charge is -2.21. The summed E-state index contributed by atoms with van der Waals surface area (Å²) in [6, 6.07) is 0.439. The van der Waals surface area contributed by atoms with E-state index >= 15 is 0 Å². The van der Waals surface area contributed by atoms with Crippen molar-refractivity contribution in [3.05, 3.63) is 11.6 Å². The van der Waals surface area contributed by atoms with Crippen molar-refractivity contribution in [1.82, 2.24) is 5.32 Å². The maximum absolute atomic E-state index is 11.7. The normalized spacial score (nSPS) is 21.5. The molecular weight excluding hydrogens is 220 g/mol. The first kappa shape index (κ1) is 13.7. The van der Waals surface area contributed by atoms with Crippen LogP contribution in [0.2, 0.25) is 0 Å². The van der Waals surface area contributed by atoms with Gasteiger partial charge in [-0.3, -0.25) is 4.79 Å². The van der Waals surface area contributed by atoms with Gasteiger partial charge < -0.3 is 15.8 Å². The van der Waals surface area contributed by atoms with E-state index in [-0.39, 0.29) is 12.4 Å². The molecule has 0 aliphatic heterocycles. The second-order valence-corrected chi connectivity index (χ2v) is 4.38. The molecule has 0 spiro atoms. The molecule has 2 unspecified atom stereocenters. The number of rotatable bonds is 5.